The summed E-state index contributed by atoms with van der Waals surface area (Å²) in [5.41, 5.74) is -2.17. The van der Waals surface area contributed by atoms with Crippen molar-refractivity contribution in [1.29, 1.82) is 0 Å². The van der Waals surface area contributed by atoms with Gasteiger partial charge >= 0.3 is 6.18 Å². The molecule has 182 valence electrons. The van der Waals surface area contributed by atoms with Crippen LogP contribution in [-0.2, 0) is 13.2 Å². The van der Waals surface area contributed by atoms with Gasteiger partial charge in [0.1, 0.15) is 11.3 Å². The van der Waals surface area contributed by atoms with Gasteiger partial charge in [0.05, 0.1) is 22.5 Å². The molecule has 12 heteroatoms. The molecule has 0 fully saturated rings. The van der Waals surface area contributed by atoms with Gasteiger partial charge in [-0.15, -0.1) is 0 Å². The van der Waals surface area contributed by atoms with Crippen LogP contribution in [0.1, 0.15) is 27.3 Å². The third-order valence-electron chi connectivity index (χ3n) is 5.51. The number of nitrogens with one attached hydrogen (secondary N) is 1. The van der Waals surface area contributed by atoms with E-state index in [1.54, 1.807) is 49.1 Å². The summed E-state index contributed by atoms with van der Waals surface area (Å²) in [6.07, 6.45) is -5.70. The third-order valence-corrected chi connectivity index (χ3v) is 5.51. The van der Waals surface area contributed by atoms with E-state index in [-0.39, 0.29) is 16.6 Å². The lowest BCUT2D eigenvalue weighted by Crippen LogP contribution is -2.20. The van der Waals surface area contributed by atoms with E-state index in [0.717, 1.165) is 0 Å². The zero-order chi connectivity index (χ0) is 25.8. The first-order valence-electron chi connectivity index (χ1n) is 9.97. The Balaban J connectivity index is 1.88. The fourth-order valence-electron chi connectivity index (χ4n) is 3.81. The van der Waals surface area contributed by atoms with E-state index in [2.05, 4.69) is 10.1 Å². The molecule has 0 saturated carbocycles. The lowest BCUT2D eigenvalue weighted by molar-refractivity contribution is -0.143. The highest BCUT2D eigenvalue weighted by atomic mass is 19.4. The zero-order valence-corrected chi connectivity index (χ0v) is 18.3. The number of pyridine rings is 1. The van der Waals surface area contributed by atoms with E-state index >= 15 is 0 Å². The number of nitrogens with zero attached hydrogens (tertiary/aromatic N) is 3. The number of carbonyl (C=O) groups excluding carboxylic acids is 1. The smallest absolute Gasteiger partial charge is 0.317 e. The molecule has 2 heterocycles. The van der Waals surface area contributed by atoms with Crippen molar-refractivity contribution < 1.29 is 35.5 Å². The van der Waals surface area contributed by atoms with Gasteiger partial charge in [-0.2, -0.15) is 18.3 Å². The van der Waals surface area contributed by atoms with Gasteiger partial charge in [0.15, 0.2) is 23.3 Å². The number of alkyl halides is 3. The number of halogens is 7. The standard InChI is InChI=1S/C23H15F7N4O/c1-9-15(10(2)34(3)33-9)14-8-12(11-6-4-5-7-13(11)31-14)22(35)32-21-19(26)17(24)16(23(28,29)30)18(25)20(21)27/h4-8H,1-3H3,(H,32,35). The molecule has 35 heavy (non-hydrogen) atoms. The Bertz CT molecular complexity index is 1480. The summed E-state index contributed by atoms with van der Waals surface area (Å²) in [6.45, 7) is 3.46. The second-order valence-electron chi connectivity index (χ2n) is 7.70. The molecule has 0 bridgehead atoms. The van der Waals surface area contributed by atoms with E-state index in [1.165, 1.54) is 12.1 Å². The van der Waals surface area contributed by atoms with Crippen LogP contribution in [0, 0.1) is 37.1 Å². The van der Waals surface area contributed by atoms with Crippen LogP contribution in [0.15, 0.2) is 30.3 Å². The van der Waals surface area contributed by atoms with Gasteiger partial charge in [0.2, 0.25) is 0 Å². The van der Waals surface area contributed by atoms with Crippen molar-refractivity contribution in [3.8, 4) is 11.3 Å². The van der Waals surface area contributed by atoms with Crippen molar-refractivity contribution in [1.82, 2.24) is 14.8 Å². The summed E-state index contributed by atoms with van der Waals surface area (Å²) in [5, 5.41) is 6.18. The Hall–Kier alpha value is -3.96. The minimum absolute atomic E-state index is 0.187. The first kappa shape index (κ1) is 24.2. The summed E-state index contributed by atoms with van der Waals surface area (Å²) in [7, 11) is 1.69. The molecule has 5 nitrogen and oxygen atoms in total. The number of carbonyl (C=O) groups is 1. The summed E-state index contributed by atoms with van der Waals surface area (Å²) >= 11 is 0. The Labute approximate surface area is 193 Å². The lowest BCUT2D eigenvalue weighted by atomic mass is 10.0. The Kier molecular flexibility index (Phi) is 5.78. The molecule has 1 amide bonds. The molecule has 0 spiro atoms. The number of fused-ring (bicyclic) bond motifs is 1. The van der Waals surface area contributed by atoms with E-state index < -0.39 is 46.6 Å². The molecule has 0 radical (unpaired) electrons. The number of benzene rings is 2. The highest BCUT2D eigenvalue weighted by Gasteiger charge is 2.42. The van der Waals surface area contributed by atoms with Crippen LogP contribution < -0.4 is 5.32 Å². The molecule has 2 aromatic carbocycles. The normalized spacial score (nSPS) is 11.8. The van der Waals surface area contributed by atoms with Crippen molar-refractivity contribution in [3.63, 3.8) is 0 Å². The van der Waals surface area contributed by atoms with Gasteiger partial charge in [-0.05, 0) is 26.0 Å². The molecule has 0 aliphatic carbocycles. The topological polar surface area (TPSA) is 59.8 Å². The number of rotatable bonds is 3. The minimum atomic E-state index is -5.70. The quantitative estimate of drug-likeness (QED) is 0.276. The number of anilines is 1. The van der Waals surface area contributed by atoms with E-state index in [1.807, 2.05) is 0 Å². The number of hydrogen-bond acceptors (Lipinski definition) is 3. The summed E-state index contributed by atoms with van der Waals surface area (Å²) < 4.78 is 96.9. The first-order chi connectivity index (χ1) is 16.3. The maximum atomic E-state index is 14.4. The predicted molar refractivity (Wildman–Crippen MR) is 113 cm³/mol. The van der Waals surface area contributed by atoms with Gasteiger partial charge < -0.3 is 5.32 Å². The van der Waals surface area contributed by atoms with E-state index in [4.69, 9.17) is 0 Å². The second-order valence-corrected chi connectivity index (χ2v) is 7.70. The van der Waals surface area contributed by atoms with Gasteiger partial charge in [0.25, 0.3) is 5.91 Å². The first-order valence-corrected chi connectivity index (χ1v) is 9.97. The van der Waals surface area contributed by atoms with Crippen molar-refractivity contribution in [2.45, 2.75) is 20.0 Å². The fraction of sp³-hybridized carbons (Fsp3) is 0.174. The average molecular weight is 496 g/mol. The Morgan fingerprint density at radius 1 is 0.971 bits per heavy atom. The molecule has 0 unspecified atom stereocenters. The predicted octanol–water partition coefficient (Wildman–Crippen LogP) is 6.08. The van der Waals surface area contributed by atoms with Crippen molar-refractivity contribution in [2.24, 2.45) is 7.05 Å². The molecule has 0 aliphatic rings. The van der Waals surface area contributed by atoms with Crippen LogP contribution >= 0.6 is 0 Å². The summed E-state index contributed by atoms with van der Waals surface area (Å²) in [6, 6.07) is 7.52. The molecular formula is C23H15F7N4O. The molecule has 0 saturated heterocycles. The van der Waals surface area contributed by atoms with Crippen LogP contribution in [0.2, 0.25) is 0 Å². The molecule has 2 aromatic heterocycles. The molecular weight excluding hydrogens is 481 g/mol. The van der Waals surface area contributed by atoms with E-state index in [9.17, 15) is 35.5 Å². The monoisotopic (exact) mass is 496 g/mol. The van der Waals surface area contributed by atoms with Crippen molar-refractivity contribution in [2.75, 3.05) is 5.32 Å². The van der Waals surface area contributed by atoms with Crippen LogP contribution in [0.25, 0.3) is 22.2 Å². The van der Waals surface area contributed by atoms with E-state index in [0.29, 0.717) is 22.5 Å². The van der Waals surface area contributed by atoms with Crippen molar-refractivity contribution >= 4 is 22.5 Å². The lowest BCUT2D eigenvalue weighted by Gasteiger charge is -2.15. The Morgan fingerprint density at radius 3 is 2.11 bits per heavy atom. The van der Waals surface area contributed by atoms with Gasteiger partial charge in [-0.3, -0.25) is 9.48 Å². The highest BCUT2D eigenvalue weighted by molar-refractivity contribution is 6.13. The SMILES string of the molecule is Cc1nn(C)c(C)c1-c1cc(C(=O)Nc2c(F)c(F)c(C(F)(F)F)c(F)c2F)c2ccccc2n1. The zero-order valence-electron chi connectivity index (χ0n) is 18.3. The fourth-order valence-corrected chi connectivity index (χ4v) is 3.81. The number of hydrogen-bond donors (Lipinski definition) is 1. The average Bonchev–Trinajstić information content (AvgIpc) is 3.04. The highest BCUT2D eigenvalue weighted by Crippen LogP contribution is 2.39. The molecule has 1 N–H and O–H groups in total. The number of aromatic nitrogens is 3. The van der Waals surface area contributed by atoms with Crippen molar-refractivity contribution in [3.05, 3.63) is 76.1 Å². The maximum Gasteiger partial charge on any atom is 0.422 e. The second kappa shape index (κ2) is 8.36. The van der Waals surface area contributed by atoms with Gasteiger partial charge in [0, 0.05) is 23.7 Å². The molecule has 4 rings (SSSR count). The van der Waals surface area contributed by atoms with Gasteiger partial charge in [-0.25, -0.2) is 22.5 Å². The van der Waals surface area contributed by atoms with Crippen LogP contribution in [0.3, 0.4) is 0 Å². The van der Waals surface area contributed by atoms with Crippen LogP contribution in [0.4, 0.5) is 36.4 Å². The molecule has 4 aromatic rings. The number of aryl methyl sites for hydroxylation is 2. The Morgan fingerprint density at radius 2 is 1.57 bits per heavy atom. The van der Waals surface area contributed by atoms with Gasteiger partial charge in [-0.1, -0.05) is 18.2 Å². The molecule has 0 aliphatic heterocycles. The number of amides is 1. The molecule has 0 atom stereocenters. The van der Waals surface area contributed by atoms with Crippen LogP contribution in [-0.4, -0.2) is 20.7 Å². The summed E-state index contributed by atoms with van der Waals surface area (Å²) in [5.74, 6) is -11.3. The van der Waals surface area contributed by atoms with Crippen LogP contribution in [0.5, 0.6) is 0 Å². The minimum Gasteiger partial charge on any atom is -0.317 e. The largest absolute Gasteiger partial charge is 0.422 e. The summed E-state index contributed by atoms with van der Waals surface area (Å²) in [4.78, 5) is 17.5. The third kappa shape index (κ3) is 3.98. The number of para-hydroxylation sites is 1. The maximum absolute atomic E-state index is 14.4.